The zero-order chi connectivity index (χ0) is 57.5. The molecule has 448 valence electrons. The Morgan fingerprint density at radius 2 is 0.911 bits per heavy atom. The van der Waals surface area contributed by atoms with E-state index in [9.17, 15) is 35.1 Å². The van der Waals surface area contributed by atoms with Crippen molar-refractivity contribution >= 4 is 11.9 Å². The second-order valence-electron chi connectivity index (χ2n) is 20.7. The Kier molecular flexibility index (Phi) is 50.1. The Bertz CT molecular complexity index is 1790. The maximum absolute atomic E-state index is 13.4. The monoisotopic (exact) mass is 1100 g/mol. The number of hydrogen-bond donors (Lipinski definition) is 6. The number of nitrogens with one attached hydrogen (secondary N) is 1. The molecule has 1 aliphatic heterocycles. The number of hydrogen-bond acceptors (Lipinski definition) is 10. The fraction of sp³-hybridized carbons (Fsp3) is 0.647. The van der Waals surface area contributed by atoms with Crippen LogP contribution in [0.1, 0.15) is 220 Å². The average Bonchev–Trinajstić information content (AvgIpc) is 3.45. The van der Waals surface area contributed by atoms with Crippen LogP contribution in [0.5, 0.6) is 0 Å². The summed E-state index contributed by atoms with van der Waals surface area (Å²) >= 11 is 0. The van der Waals surface area contributed by atoms with Crippen molar-refractivity contribution in [3.8, 4) is 0 Å². The molecule has 0 aromatic rings. The van der Waals surface area contributed by atoms with Gasteiger partial charge in [-0.15, -0.1) is 0 Å². The van der Waals surface area contributed by atoms with Gasteiger partial charge in [-0.3, -0.25) is 9.59 Å². The number of unbranched alkanes of at least 4 members (excludes halogenated alkanes) is 16. The lowest BCUT2D eigenvalue weighted by Gasteiger charge is -2.41. The van der Waals surface area contributed by atoms with Crippen LogP contribution in [0.15, 0.2) is 134 Å². The van der Waals surface area contributed by atoms with Gasteiger partial charge in [0.05, 0.1) is 25.4 Å². The van der Waals surface area contributed by atoms with Crippen LogP contribution in [0.2, 0.25) is 0 Å². The van der Waals surface area contributed by atoms with Crippen molar-refractivity contribution in [1.29, 1.82) is 0 Å². The number of rotatable bonds is 50. The van der Waals surface area contributed by atoms with Crippen molar-refractivity contribution in [2.24, 2.45) is 0 Å². The van der Waals surface area contributed by atoms with Crippen LogP contribution >= 0.6 is 0 Å². The first kappa shape index (κ1) is 72.8. The summed E-state index contributed by atoms with van der Waals surface area (Å²) in [7, 11) is 0. The van der Waals surface area contributed by atoms with Crippen LogP contribution in [0.4, 0.5) is 0 Å². The molecule has 1 aliphatic rings. The summed E-state index contributed by atoms with van der Waals surface area (Å²) in [5.41, 5.74) is 0. The molecule has 0 saturated carbocycles. The van der Waals surface area contributed by atoms with Gasteiger partial charge in [-0.1, -0.05) is 231 Å². The van der Waals surface area contributed by atoms with E-state index in [-0.39, 0.29) is 19.4 Å². The van der Waals surface area contributed by atoms with Crippen LogP contribution in [0.3, 0.4) is 0 Å². The number of carbonyl (C=O) groups is 2. The first-order chi connectivity index (χ1) is 38.7. The maximum Gasteiger partial charge on any atom is 0.306 e. The fourth-order valence-electron chi connectivity index (χ4n) is 8.70. The maximum atomic E-state index is 13.4. The predicted molar refractivity (Wildman–Crippen MR) is 328 cm³/mol. The van der Waals surface area contributed by atoms with Crippen molar-refractivity contribution in [2.45, 2.75) is 269 Å². The van der Waals surface area contributed by atoms with Crippen LogP contribution in [0, 0.1) is 0 Å². The molecule has 6 N–H and O–H groups in total. The van der Waals surface area contributed by atoms with Gasteiger partial charge in [-0.2, -0.15) is 0 Å². The highest BCUT2D eigenvalue weighted by Crippen LogP contribution is 2.26. The molecule has 11 nitrogen and oxygen atoms in total. The largest absolute Gasteiger partial charge is 0.454 e. The molecule has 0 aromatic heterocycles. The summed E-state index contributed by atoms with van der Waals surface area (Å²) in [6.45, 7) is 5.50. The molecular weight excluding hydrogens is 991 g/mol. The topological polar surface area (TPSA) is 175 Å². The smallest absolute Gasteiger partial charge is 0.306 e. The molecular formula is C68H111NO10. The zero-order valence-corrected chi connectivity index (χ0v) is 49.4. The Balaban J connectivity index is 2.71. The van der Waals surface area contributed by atoms with Gasteiger partial charge in [-0.25, -0.2) is 0 Å². The van der Waals surface area contributed by atoms with Crippen molar-refractivity contribution in [2.75, 3.05) is 13.2 Å². The molecule has 1 fully saturated rings. The van der Waals surface area contributed by atoms with E-state index in [0.717, 1.165) is 135 Å². The second-order valence-corrected chi connectivity index (χ2v) is 20.7. The van der Waals surface area contributed by atoms with Crippen molar-refractivity contribution in [3.63, 3.8) is 0 Å². The zero-order valence-electron chi connectivity index (χ0n) is 49.4. The highest BCUT2D eigenvalue weighted by molar-refractivity contribution is 5.80. The van der Waals surface area contributed by atoms with Crippen molar-refractivity contribution in [3.05, 3.63) is 134 Å². The molecule has 1 amide bonds. The first-order valence-corrected chi connectivity index (χ1v) is 31.0. The predicted octanol–water partition coefficient (Wildman–Crippen LogP) is 14.8. The molecule has 1 heterocycles. The molecule has 0 aromatic carbocycles. The minimum atomic E-state index is -1.64. The third-order valence-electron chi connectivity index (χ3n) is 13.5. The van der Waals surface area contributed by atoms with E-state index in [2.05, 4.69) is 148 Å². The molecule has 0 aliphatic carbocycles. The van der Waals surface area contributed by atoms with Crippen molar-refractivity contribution < 1.29 is 49.3 Å². The molecule has 8 unspecified atom stereocenters. The number of amides is 1. The summed E-state index contributed by atoms with van der Waals surface area (Å²) < 4.78 is 17.6. The first-order valence-electron chi connectivity index (χ1n) is 31.0. The van der Waals surface area contributed by atoms with Gasteiger partial charge in [-0.05, 0) is 116 Å². The molecule has 0 bridgehead atoms. The summed E-state index contributed by atoms with van der Waals surface area (Å²) in [4.78, 5) is 26.5. The molecule has 8 atom stereocenters. The lowest BCUT2D eigenvalue weighted by molar-refractivity contribution is -0.305. The van der Waals surface area contributed by atoms with Gasteiger partial charge in [0.15, 0.2) is 12.4 Å². The lowest BCUT2D eigenvalue weighted by atomic mass is 9.99. The molecule has 1 rings (SSSR count). The minimum absolute atomic E-state index is 0.0739. The summed E-state index contributed by atoms with van der Waals surface area (Å²) in [5.74, 6) is -1.26. The Morgan fingerprint density at radius 1 is 0.506 bits per heavy atom. The van der Waals surface area contributed by atoms with Gasteiger partial charge >= 0.3 is 5.97 Å². The van der Waals surface area contributed by atoms with Gasteiger partial charge < -0.3 is 45.1 Å². The van der Waals surface area contributed by atoms with E-state index in [1.165, 1.54) is 38.5 Å². The van der Waals surface area contributed by atoms with Crippen LogP contribution < -0.4 is 5.32 Å². The quantitative estimate of drug-likeness (QED) is 0.0195. The van der Waals surface area contributed by atoms with Gasteiger partial charge in [0.1, 0.15) is 24.4 Å². The van der Waals surface area contributed by atoms with E-state index in [0.29, 0.717) is 12.8 Å². The molecule has 1 saturated heterocycles. The van der Waals surface area contributed by atoms with Crippen molar-refractivity contribution in [1.82, 2.24) is 5.32 Å². The number of allylic oxidation sites excluding steroid dienone is 21. The number of carbonyl (C=O) groups excluding carboxylic acids is 2. The summed E-state index contributed by atoms with van der Waals surface area (Å²) in [6, 6.07) is -1.05. The Labute approximate surface area is 480 Å². The average molecular weight is 1100 g/mol. The third kappa shape index (κ3) is 42.3. The van der Waals surface area contributed by atoms with Gasteiger partial charge in [0.2, 0.25) is 5.91 Å². The summed E-state index contributed by atoms with van der Waals surface area (Å²) in [6.07, 6.45) is 66.3. The molecule has 79 heavy (non-hydrogen) atoms. The normalized spacial score (nSPS) is 19.8. The van der Waals surface area contributed by atoms with E-state index >= 15 is 0 Å². The standard InChI is InChI=1S/C68H111NO10/c1-4-7-10-13-16-19-22-24-26-28-30-32-33-35-37-40-43-46-49-52-55-61(72)67(76)69-59(60(71)54-51-48-45-42-39-21-18-15-12-9-6-3)58-77-68-66(65(75)64(74)62(57-70)78-68)79-63(73)56-53-50-47-44-41-38-36-34-31-29-27-25-23-20-17-14-11-8-5-2/h7-8,10-11,16-17,19-20,24-27,30-32,34-35,37-38,41,51,54,59-62,64-66,68,70-72,74-75H,4-6,9,12-15,18,21-23,28-29,33,36,39-40,42-50,52-53,55-58H2,1-3H3,(H,69,76)/b10-7-,11-8-,19-16-,20-17-,26-24-,27-25-,32-30-,34-31-,37-35-,41-38-,54-51+. The van der Waals surface area contributed by atoms with Crippen LogP contribution in [0.25, 0.3) is 0 Å². The van der Waals surface area contributed by atoms with E-state index in [1.807, 2.05) is 6.08 Å². The third-order valence-corrected chi connectivity index (χ3v) is 13.5. The highest BCUT2D eigenvalue weighted by atomic mass is 16.7. The van der Waals surface area contributed by atoms with Gasteiger partial charge in [0, 0.05) is 6.42 Å². The van der Waals surface area contributed by atoms with E-state index in [1.54, 1.807) is 6.08 Å². The SMILES string of the molecule is CC/C=C\C/C=C\C/C=C\C/C=C\C/C=C\CCCCCCC(O)C(=O)NC(COC1OC(CO)C(O)C(O)C1OC(=O)CCCCC/C=C\C/C=C\C/C=C\C/C=C\C/C=C\CC)C(O)/C=C/CCCCCCCCCCC. The highest BCUT2D eigenvalue weighted by Gasteiger charge is 2.47. The fourth-order valence-corrected chi connectivity index (χ4v) is 8.70. The molecule has 0 spiro atoms. The Hall–Kier alpha value is -4.20. The second kappa shape index (κ2) is 54.4. The number of aliphatic hydroxyl groups is 5. The Morgan fingerprint density at radius 3 is 1.37 bits per heavy atom. The molecule has 0 radical (unpaired) electrons. The van der Waals surface area contributed by atoms with E-state index in [4.69, 9.17) is 14.2 Å². The van der Waals surface area contributed by atoms with Crippen LogP contribution in [-0.2, 0) is 23.8 Å². The minimum Gasteiger partial charge on any atom is -0.454 e. The molecule has 11 heteroatoms. The number of ether oxygens (including phenoxy) is 3. The van der Waals surface area contributed by atoms with E-state index < -0.39 is 67.4 Å². The summed E-state index contributed by atoms with van der Waals surface area (Å²) in [5, 5.41) is 56.9. The number of aliphatic hydroxyl groups excluding tert-OH is 5. The van der Waals surface area contributed by atoms with Crippen LogP contribution in [-0.4, -0.2) is 99.6 Å². The van der Waals surface area contributed by atoms with Gasteiger partial charge in [0.25, 0.3) is 0 Å². The number of esters is 1. The lowest BCUT2D eigenvalue weighted by Crippen LogP contribution is -2.61.